The van der Waals surface area contributed by atoms with Gasteiger partial charge < -0.3 is 14.6 Å². The van der Waals surface area contributed by atoms with E-state index in [2.05, 4.69) is 41.4 Å². The van der Waals surface area contributed by atoms with Crippen LogP contribution in [-0.2, 0) is 6.42 Å². The Morgan fingerprint density at radius 1 is 1.25 bits per heavy atom. The summed E-state index contributed by atoms with van der Waals surface area (Å²) in [6.07, 6.45) is 4.07. The number of anilines is 1. The summed E-state index contributed by atoms with van der Waals surface area (Å²) in [6, 6.07) is 13.0. The molecule has 0 bridgehead atoms. The van der Waals surface area contributed by atoms with Gasteiger partial charge in [0.15, 0.2) is 0 Å². The zero-order valence-corrected chi connectivity index (χ0v) is 12.0. The summed E-state index contributed by atoms with van der Waals surface area (Å²) in [6.45, 7) is 5.44. The molecule has 0 fully saturated rings. The molecule has 1 unspecified atom stereocenters. The highest BCUT2D eigenvalue weighted by molar-refractivity contribution is 5.57. The fraction of sp³-hybridized carbons (Fsp3) is 0.412. The first-order chi connectivity index (χ1) is 9.84. The number of furan rings is 1. The molecule has 106 valence electrons. The average molecular weight is 270 g/mol. The molecule has 0 spiro atoms. The summed E-state index contributed by atoms with van der Waals surface area (Å²) < 4.78 is 5.40. The van der Waals surface area contributed by atoms with Gasteiger partial charge in [-0.15, -0.1) is 0 Å². The van der Waals surface area contributed by atoms with Crippen molar-refractivity contribution in [3.05, 3.63) is 54.0 Å². The predicted octanol–water partition coefficient (Wildman–Crippen LogP) is 3.38. The lowest BCUT2D eigenvalue weighted by Gasteiger charge is -2.20. The van der Waals surface area contributed by atoms with Crippen molar-refractivity contribution in [1.29, 1.82) is 0 Å². The third kappa shape index (κ3) is 2.88. The van der Waals surface area contributed by atoms with Gasteiger partial charge in [0.25, 0.3) is 0 Å². The maximum absolute atomic E-state index is 5.40. The summed E-state index contributed by atoms with van der Waals surface area (Å²) in [5.74, 6) is 1.01. The molecule has 3 rings (SSSR count). The number of benzene rings is 1. The Bertz CT molecular complexity index is 536. The zero-order chi connectivity index (χ0) is 13.8. The lowest BCUT2D eigenvalue weighted by molar-refractivity contribution is 0.429. The predicted molar refractivity (Wildman–Crippen MR) is 82.1 cm³/mol. The molecule has 0 saturated heterocycles. The Kier molecular flexibility index (Phi) is 4.07. The molecule has 1 aromatic heterocycles. The first-order valence-corrected chi connectivity index (χ1v) is 7.44. The highest BCUT2D eigenvalue weighted by Gasteiger charge is 2.17. The highest BCUT2D eigenvalue weighted by atomic mass is 16.3. The van der Waals surface area contributed by atoms with Crippen LogP contribution in [0.25, 0.3) is 0 Å². The normalized spacial score (nSPS) is 15.3. The Morgan fingerprint density at radius 3 is 3.00 bits per heavy atom. The monoisotopic (exact) mass is 270 g/mol. The summed E-state index contributed by atoms with van der Waals surface area (Å²) in [5, 5.41) is 3.51. The van der Waals surface area contributed by atoms with E-state index >= 15 is 0 Å². The largest absolute Gasteiger partial charge is 0.468 e. The Labute approximate surface area is 120 Å². The Morgan fingerprint density at radius 2 is 2.15 bits per heavy atom. The van der Waals surface area contributed by atoms with Crippen LogP contribution in [0.4, 0.5) is 5.69 Å². The molecule has 0 amide bonds. The van der Waals surface area contributed by atoms with E-state index in [1.54, 1.807) is 6.26 Å². The van der Waals surface area contributed by atoms with Gasteiger partial charge in [-0.05, 0) is 50.1 Å². The second-order valence-corrected chi connectivity index (χ2v) is 5.41. The van der Waals surface area contributed by atoms with Crippen LogP contribution in [0, 0.1) is 0 Å². The summed E-state index contributed by atoms with van der Waals surface area (Å²) >= 11 is 0. The van der Waals surface area contributed by atoms with Gasteiger partial charge in [-0.3, -0.25) is 0 Å². The van der Waals surface area contributed by atoms with Crippen LogP contribution in [0.3, 0.4) is 0 Å². The second kappa shape index (κ2) is 6.14. The number of hydrogen-bond donors (Lipinski definition) is 1. The molecule has 1 aromatic carbocycles. The fourth-order valence-electron chi connectivity index (χ4n) is 2.87. The van der Waals surface area contributed by atoms with Gasteiger partial charge in [0.05, 0.1) is 12.3 Å². The van der Waals surface area contributed by atoms with Gasteiger partial charge in [-0.1, -0.05) is 18.2 Å². The number of rotatable bonds is 6. The van der Waals surface area contributed by atoms with Crippen LogP contribution in [0.1, 0.15) is 30.7 Å². The molecule has 2 aromatic rings. The minimum atomic E-state index is 0.288. The lowest BCUT2D eigenvalue weighted by Crippen LogP contribution is -2.26. The van der Waals surface area contributed by atoms with E-state index in [1.807, 2.05) is 12.1 Å². The summed E-state index contributed by atoms with van der Waals surface area (Å²) in [5.41, 5.74) is 2.91. The van der Waals surface area contributed by atoms with Crippen molar-refractivity contribution in [3.8, 4) is 0 Å². The summed E-state index contributed by atoms with van der Waals surface area (Å²) in [7, 11) is 0. The SMILES string of the molecule is CC(NCCCN1CCc2ccccc21)c1ccco1. The van der Waals surface area contributed by atoms with E-state index in [9.17, 15) is 0 Å². The van der Waals surface area contributed by atoms with Gasteiger partial charge in [-0.25, -0.2) is 0 Å². The van der Waals surface area contributed by atoms with Crippen molar-refractivity contribution in [2.75, 3.05) is 24.5 Å². The van der Waals surface area contributed by atoms with E-state index in [1.165, 1.54) is 17.7 Å². The van der Waals surface area contributed by atoms with E-state index in [0.717, 1.165) is 31.8 Å². The summed E-state index contributed by atoms with van der Waals surface area (Å²) in [4.78, 5) is 2.49. The number of para-hydroxylation sites is 1. The van der Waals surface area contributed by atoms with Crippen LogP contribution in [-0.4, -0.2) is 19.6 Å². The van der Waals surface area contributed by atoms with Gasteiger partial charge in [0, 0.05) is 18.8 Å². The maximum Gasteiger partial charge on any atom is 0.120 e. The van der Waals surface area contributed by atoms with Crippen LogP contribution >= 0.6 is 0 Å². The van der Waals surface area contributed by atoms with E-state index in [-0.39, 0.29) is 6.04 Å². The third-order valence-electron chi connectivity index (χ3n) is 4.01. The topological polar surface area (TPSA) is 28.4 Å². The molecular weight excluding hydrogens is 248 g/mol. The van der Waals surface area contributed by atoms with Crippen molar-refractivity contribution in [1.82, 2.24) is 5.32 Å². The van der Waals surface area contributed by atoms with Crippen molar-refractivity contribution in [3.63, 3.8) is 0 Å². The molecule has 3 heteroatoms. The quantitative estimate of drug-likeness (QED) is 0.816. The molecule has 1 N–H and O–H groups in total. The van der Waals surface area contributed by atoms with Crippen molar-refractivity contribution < 1.29 is 4.42 Å². The third-order valence-corrected chi connectivity index (χ3v) is 4.01. The maximum atomic E-state index is 5.40. The average Bonchev–Trinajstić information content (AvgIpc) is 3.13. The number of nitrogens with one attached hydrogen (secondary N) is 1. The van der Waals surface area contributed by atoms with Crippen molar-refractivity contribution in [2.24, 2.45) is 0 Å². The smallest absolute Gasteiger partial charge is 0.120 e. The number of fused-ring (bicyclic) bond motifs is 1. The second-order valence-electron chi connectivity index (χ2n) is 5.41. The van der Waals surface area contributed by atoms with Gasteiger partial charge >= 0.3 is 0 Å². The molecule has 0 aliphatic carbocycles. The Balaban J connectivity index is 1.43. The number of hydrogen-bond acceptors (Lipinski definition) is 3. The van der Waals surface area contributed by atoms with Gasteiger partial charge in [-0.2, -0.15) is 0 Å². The van der Waals surface area contributed by atoms with Crippen LogP contribution in [0.5, 0.6) is 0 Å². The van der Waals surface area contributed by atoms with Gasteiger partial charge in [0.2, 0.25) is 0 Å². The van der Waals surface area contributed by atoms with Crippen LogP contribution in [0.2, 0.25) is 0 Å². The molecule has 3 nitrogen and oxygen atoms in total. The molecule has 1 aliphatic rings. The molecule has 1 aliphatic heterocycles. The molecule has 20 heavy (non-hydrogen) atoms. The van der Waals surface area contributed by atoms with Crippen molar-refractivity contribution in [2.45, 2.75) is 25.8 Å². The van der Waals surface area contributed by atoms with Crippen LogP contribution in [0.15, 0.2) is 47.1 Å². The lowest BCUT2D eigenvalue weighted by atomic mass is 10.2. The van der Waals surface area contributed by atoms with Crippen LogP contribution < -0.4 is 10.2 Å². The molecule has 0 saturated carbocycles. The first kappa shape index (κ1) is 13.3. The fourth-order valence-corrected chi connectivity index (χ4v) is 2.87. The molecular formula is C17H22N2O. The standard InChI is InChI=1S/C17H22N2O/c1-14(17-8-4-13-20-17)18-10-5-11-19-12-9-15-6-2-3-7-16(15)19/h2-4,6-8,13-14,18H,5,9-12H2,1H3. The minimum absolute atomic E-state index is 0.288. The molecule has 0 radical (unpaired) electrons. The van der Waals surface area contributed by atoms with E-state index in [0.29, 0.717) is 0 Å². The highest BCUT2D eigenvalue weighted by Crippen LogP contribution is 2.27. The minimum Gasteiger partial charge on any atom is -0.468 e. The van der Waals surface area contributed by atoms with Gasteiger partial charge in [0.1, 0.15) is 5.76 Å². The van der Waals surface area contributed by atoms with E-state index < -0.39 is 0 Å². The van der Waals surface area contributed by atoms with Crippen molar-refractivity contribution >= 4 is 5.69 Å². The molecule has 2 heterocycles. The number of nitrogens with zero attached hydrogens (tertiary/aromatic N) is 1. The first-order valence-electron chi connectivity index (χ1n) is 7.44. The zero-order valence-electron chi connectivity index (χ0n) is 12.0. The van der Waals surface area contributed by atoms with E-state index in [4.69, 9.17) is 4.42 Å². The molecule has 1 atom stereocenters. The Hall–Kier alpha value is -1.74.